The molecule has 0 spiro atoms. The molecule has 6 nitrogen and oxygen atoms in total. The Balaban J connectivity index is 2.44. The van der Waals surface area contributed by atoms with Crippen LogP contribution in [0, 0.1) is 17.0 Å². The van der Waals surface area contributed by atoms with Crippen molar-refractivity contribution in [2.75, 3.05) is 0 Å². The highest BCUT2D eigenvalue weighted by atomic mass is 35.5. The van der Waals surface area contributed by atoms with Crippen LogP contribution in [0.2, 0.25) is 5.02 Å². The fourth-order valence-corrected chi connectivity index (χ4v) is 1.96. The molecule has 0 saturated carbocycles. The number of aryl methyl sites for hydroxylation is 1. The third-order valence-corrected chi connectivity index (χ3v) is 3.07. The van der Waals surface area contributed by atoms with Gasteiger partial charge < -0.3 is 9.84 Å². The topological polar surface area (TPSA) is 89.7 Å². The van der Waals surface area contributed by atoms with Gasteiger partial charge in [-0.2, -0.15) is 0 Å². The van der Waals surface area contributed by atoms with Gasteiger partial charge in [0.1, 0.15) is 5.75 Å². The lowest BCUT2D eigenvalue weighted by Gasteiger charge is -2.10. The van der Waals surface area contributed by atoms with Crippen LogP contribution in [0.3, 0.4) is 0 Å². The van der Waals surface area contributed by atoms with Crippen molar-refractivity contribution in [2.24, 2.45) is 0 Å². The van der Waals surface area contributed by atoms with Crippen LogP contribution in [0.1, 0.15) is 15.9 Å². The van der Waals surface area contributed by atoms with E-state index in [0.29, 0.717) is 11.3 Å². The van der Waals surface area contributed by atoms with E-state index in [4.69, 9.17) is 21.4 Å². The van der Waals surface area contributed by atoms with E-state index in [0.717, 1.165) is 0 Å². The van der Waals surface area contributed by atoms with Crippen LogP contribution in [-0.4, -0.2) is 16.0 Å². The number of halogens is 1. The third-order valence-electron chi connectivity index (χ3n) is 2.78. The van der Waals surface area contributed by atoms with E-state index >= 15 is 0 Å². The van der Waals surface area contributed by atoms with E-state index < -0.39 is 10.9 Å². The predicted molar refractivity (Wildman–Crippen MR) is 76.3 cm³/mol. The molecule has 1 N–H and O–H groups in total. The Hall–Kier alpha value is -2.60. The van der Waals surface area contributed by atoms with Gasteiger partial charge >= 0.3 is 11.7 Å². The lowest BCUT2D eigenvalue weighted by Crippen LogP contribution is -1.99. The molecule has 0 aliphatic heterocycles. The fraction of sp³-hybridized carbons (Fsp3) is 0.0714. The molecular formula is C14H10ClNO5. The quantitative estimate of drug-likeness (QED) is 0.680. The maximum Gasteiger partial charge on any atom is 0.335 e. The van der Waals surface area contributed by atoms with E-state index in [-0.39, 0.29) is 22.0 Å². The van der Waals surface area contributed by atoms with Crippen molar-refractivity contribution < 1.29 is 19.6 Å². The van der Waals surface area contributed by atoms with Gasteiger partial charge in [-0.1, -0.05) is 17.7 Å². The summed E-state index contributed by atoms with van der Waals surface area (Å²) in [5, 5.41) is 20.0. The number of carbonyl (C=O) groups is 1. The Bertz CT molecular complexity index is 729. The molecule has 0 aromatic heterocycles. The summed E-state index contributed by atoms with van der Waals surface area (Å²) in [5.74, 6) is -0.833. The van der Waals surface area contributed by atoms with Crippen molar-refractivity contribution in [1.82, 2.24) is 0 Å². The Morgan fingerprint density at radius 1 is 1.33 bits per heavy atom. The van der Waals surface area contributed by atoms with E-state index in [1.807, 2.05) is 0 Å². The zero-order chi connectivity index (χ0) is 15.6. The summed E-state index contributed by atoms with van der Waals surface area (Å²) >= 11 is 5.93. The highest BCUT2D eigenvalue weighted by Crippen LogP contribution is 2.38. The summed E-state index contributed by atoms with van der Waals surface area (Å²) in [6.45, 7) is 1.64. The van der Waals surface area contributed by atoms with Gasteiger partial charge in [0.25, 0.3) is 0 Å². The lowest BCUT2D eigenvalue weighted by atomic mass is 10.1. The molecule has 0 saturated heterocycles. The highest BCUT2D eigenvalue weighted by Gasteiger charge is 2.20. The maximum absolute atomic E-state index is 11.0. The van der Waals surface area contributed by atoms with Gasteiger partial charge in [-0.15, -0.1) is 0 Å². The first-order valence-electron chi connectivity index (χ1n) is 5.85. The highest BCUT2D eigenvalue weighted by molar-refractivity contribution is 6.32. The monoisotopic (exact) mass is 307 g/mol. The SMILES string of the molecule is Cc1cc(C(=O)O)ccc1Oc1c(Cl)cccc1[N+](=O)[O-]. The number of rotatable bonds is 4. The van der Waals surface area contributed by atoms with Crippen molar-refractivity contribution in [3.05, 3.63) is 62.7 Å². The number of aromatic carboxylic acids is 1. The Morgan fingerprint density at radius 3 is 2.62 bits per heavy atom. The summed E-state index contributed by atoms with van der Waals surface area (Å²) in [7, 11) is 0. The first-order chi connectivity index (χ1) is 9.90. The van der Waals surface area contributed by atoms with Crippen molar-refractivity contribution in [3.8, 4) is 11.5 Å². The van der Waals surface area contributed by atoms with Crippen LogP contribution < -0.4 is 4.74 Å². The van der Waals surface area contributed by atoms with Crippen LogP contribution in [0.4, 0.5) is 5.69 Å². The Labute approximate surface area is 124 Å². The number of hydrogen-bond acceptors (Lipinski definition) is 4. The molecule has 0 atom stereocenters. The van der Waals surface area contributed by atoms with E-state index in [9.17, 15) is 14.9 Å². The maximum atomic E-state index is 11.0. The summed E-state index contributed by atoms with van der Waals surface area (Å²) in [6, 6.07) is 8.42. The van der Waals surface area contributed by atoms with Crippen molar-refractivity contribution in [1.29, 1.82) is 0 Å². The number of hydrogen-bond donors (Lipinski definition) is 1. The number of carboxylic acid groups (broad SMARTS) is 1. The molecule has 7 heteroatoms. The number of nitrogens with zero attached hydrogens (tertiary/aromatic N) is 1. The summed E-state index contributed by atoms with van der Waals surface area (Å²) in [5.41, 5.74) is 0.377. The average molecular weight is 308 g/mol. The van der Waals surface area contributed by atoms with E-state index in [2.05, 4.69) is 0 Å². The van der Waals surface area contributed by atoms with Crippen LogP contribution in [0.5, 0.6) is 11.5 Å². The molecule has 21 heavy (non-hydrogen) atoms. The Morgan fingerprint density at radius 2 is 2.05 bits per heavy atom. The summed E-state index contributed by atoms with van der Waals surface area (Å²) in [4.78, 5) is 21.3. The van der Waals surface area contributed by atoms with Crippen LogP contribution in [0.15, 0.2) is 36.4 Å². The predicted octanol–water partition coefficient (Wildman–Crippen LogP) is 4.05. The molecule has 2 aromatic carbocycles. The standard InChI is InChI=1S/C14H10ClNO5/c1-8-7-9(14(17)18)5-6-12(8)21-13-10(15)3-2-4-11(13)16(19)20/h2-7H,1H3,(H,17,18). The minimum Gasteiger partial charge on any atom is -0.478 e. The van der Waals surface area contributed by atoms with Gasteiger partial charge in [-0.05, 0) is 36.8 Å². The van der Waals surface area contributed by atoms with Crippen molar-refractivity contribution in [3.63, 3.8) is 0 Å². The minimum atomic E-state index is -1.06. The molecule has 2 aromatic rings. The molecule has 2 rings (SSSR count). The number of carboxylic acids is 1. The van der Waals surface area contributed by atoms with Crippen LogP contribution >= 0.6 is 11.6 Å². The largest absolute Gasteiger partial charge is 0.478 e. The van der Waals surface area contributed by atoms with Gasteiger partial charge in [0.2, 0.25) is 5.75 Å². The molecule has 0 amide bonds. The molecule has 0 aliphatic carbocycles. The Kier molecular flexibility index (Phi) is 4.09. The zero-order valence-electron chi connectivity index (χ0n) is 10.9. The minimum absolute atomic E-state index is 0.0738. The number of benzene rings is 2. The molecule has 108 valence electrons. The third kappa shape index (κ3) is 3.11. The fourth-order valence-electron chi connectivity index (χ4n) is 1.75. The van der Waals surface area contributed by atoms with Gasteiger partial charge in [-0.3, -0.25) is 10.1 Å². The van der Waals surface area contributed by atoms with Gasteiger partial charge in [0, 0.05) is 6.07 Å². The molecule has 0 aliphatic rings. The number of ether oxygens (including phenoxy) is 1. The molecular weight excluding hydrogens is 298 g/mol. The number of nitro groups is 1. The molecule has 0 bridgehead atoms. The lowest BCUT2D eigenvalue weighted by molar-refractivity contribution is -0.385. The number of nitro benzene ring substituents is 1. The van der Waals surface area contributed by atoms with E-state index in [1.165, 1.54) is 36.4 Å². The zero-order valence-corrected chi connectivity index (χ0v) is 11.6. The second-order valence-corrected chi connectivity index (χ2v) is 4.64. The first-order valence-corrected chi connectivity index (χ1v) is 6.22. The smallest absolute Gasteiger partial charge is 0.335 e. The average Bonchev–Trinajstić information content (AvgIpc) is 2.42. The van der Waals surface area contributed by atoms with Crippen molar-refractivity contribution in [2.45, 2.75) is 6.92 Å². The number of para-hydroxylation sites is 1. The molecule has 0 fully saturated rings. The summed E-state index contributed by atoms with van der Waals surface area (Å²) < 4.78 is 5.50. The van der Waals surface area contributed by atoms with Crippen LogP contribution in [-0.2, 0) is 0 Å². The van der Waals surface area contributed by atoms with Gasteiger partial charge in [-0.25, -0.2) is 4.79 Å². The normalized spacial score (nSPS) is 10.2. The second kappa shape index (κ2) is 5.80. The second-order valence-electron chi connectivity index (χ2n) is 4.23. The van der Waals surface area contributed by atoms with Crippen LogP contribution in [0.25, 0.3) is 0 Å². The molecule has 0 unspecified atom stereocenters. The molecule has 0 radical (unpaired) electrons. The molecule has 0 heterocycles. The van der Waals surface area contributed by atoms with Crippen molar-refractivity contribution >= 4 is 23.3 Å². The van der Waals surface area contributed by atoms with Gasteiger partial charge in [0.05, 0.1) is 15.5 Å². The van der Waals surface area contributed by atoms with Gasteiger partial charge in [0.15, 0.2) is 0 Å². The summed E-state index contributed by atoms with van der Waals surface area (Å²) in [6.07, 6.45) is 0. The van der Waals surface area contributed by atoms with E-state index in [1.54, 1.807) is 6.92 Å². The first kappa shape index (κ1) is 14.8.